The molecular formula is C26H23F4N5O4. The van der Waals surface area contributed by atoms with Gasteiger partial charge in [-0.15, -0.1) is 13.2 Å². The van der Waals surface area contributed by atoms with Crippen LogP contribution in [0.5, 0.6) is 11.6 Å². The highest BCUT2D eigenvalue weighted by Crippen LogP contribution is 2.30. The molecule has 39 heavy (non-hydrogen) atoms. The van der Waals surface area contributed by atoms with Gasteiger partial charge in [0.2, 0.25) is 5.88 Å². The molecule has 0 radical (unpaired) electrons. The van der Waals surface area contributed by atoms with Crippen molar-refractivity contribution < 1.29 is 47.6 Å². The number of halogens is 4. The molecule has 4 aromatic rings. The lowest BCUT2D eigenvalue weighted by Gasteiger charge is -2.18. The van der Waals surface area contributed by atoms with Gasteiger partial charge in [0, 0.05) is 36.1 Å². The maximum atomic E-state index is 14.5. The van der Waals surface area contributed by atoms with Crippen LogP contribution in [0, 0.1) is 5.82 Å². The quantitative estimate of drug-likeness (QED) is 0.267. The monoisotopic (exact) mass is 553 g/mol. The van der Waals surface area contributed by atoms with Crippen LogP contribution in [-0.2, 0) is 0 Å². The predicted molar refractivity (Wildman–Crippen MR) is 133 cm³/mol. The fourth-order valence-corrected chi connectivity index (χ4v) is 3.75. The average molecular weight is 554 g/mol. The number of ether oxygens (including phenoxy) is 2. The summed E-state index contributed by atoms with van der Waals surface area (Å²) in [5, 5.41) is 10.7. The summed E-state index contributed by atoms with van der Waals surface area (Å²) in [4.78, 5) is 29.9. The Balaban J connectivity index is 1.66. The van der Waals surface area contributed by atoms with Crippen LogP contribution in [0.3, 0.4) is 0 Å². The Morgan fingerprint density at radius 2 is 1.97 bits per heavy atom. The second-order valence-corrected chi connectivity index (χ2v) is 8.02. The van der Waals surface area contributed by atoms with Gasteiger partial charge in [0.25, 0.3) is 11.8 Å². The SMILES string of the molecule is [2H]C([2H])([2H])Oc1ncc(-c2ccc3c(C(=O)NC([2H])([2H])C([2H])([2H])[2H])n[nH]c3c2)cc1C(=O)NC(C)c1cc(OC(F)(F)F)ccc1F. The van der Waals surface area contributed by atoms with Crippen molar-refractivity contribution in [3.8, 4) is 22.8 Å². The number of rotatable bonds is 8. The van der Waals surface area contributed by atoms with E-state index >= 15 is 0 Å². The molecule has 1 atom stereocenters. The van der Waals surface area contributed by atoms with Crippen LogP contribution in [0.25, 0.3) is 22.0 Å². The van der Waals surface area contributed by atoms with Crippen molar-refractivity contribution in [2.75, 3.05) is 13.5 Å². The average Bonchev–Trinajstić information content (AvgIpc) is 3.35. The summed E-state index contributed by atoms with van der Waals surface area (Å²) in [7, 11) is -3.05. The zero-order chi connectivity index (χ0) is 35.1. The first-order valence-electron chi connectivity index (χ1n) is 14.9. The number of methoxy groups -OCH3 is 1. The fourth-order valence-electron chi connectivity index (χ4n) is 3.75. The molecule has 1 unspecified atom stereocenters. The summed E-state index contributed by atoms with van der Waals surface area (Å²) >= 11 is 0. The summed E-state index contributed by atoms with van der Waals surface area (Å²) in [5.74, 6) is -4.49. The first-order valence-corrected chi connectivity index (χ1v) is 10.9. The number of fused-ring (bicyclic) bond motifs is 1. The number of nitrogens with one attached hydrogen (secondary N) is 3. The Bertz CT molecular complexity index is 1830. The molecule has 3 N–H and O–H groups in total. The van der Waals surface area contributed by atoms with Gasteiger partial charge in [0.1, 0.15) is 17.1 Å². The summed E-state index contributed by atoms with van der Waals surface area (Å²) in [5.41, 5.74) is -0.367. The largest absolute Gasteiger partial charge is 0.573 e. The molecule has 0 aliphatic rings. The predicted octanol–water partition coefficient (Wildman–Crippen LogP) is 4.91. The molecule has 2 aromatic heterocycles. The van der Waals surface area contributed by atoms with E-state index in [2.05, 4.69) is 25.2 Å². The minimum atomic E-state index is -5.06. The highest BCUT2D eigenvalue weighted by atomic mass is 19.4. The van der Waals surface area contributed by atoms with E-state index in [0.29, 0.717) is 11.6 Å². The number of pyridine rings is 1. The van der Waals surface area contributed by atoms with E-state index in [1.807, 2.05) is 0 Å². The molecule has 2 aromatic carbocycles. The molecule has 0 fully saturated rings. The minimum absolute atomic E-state index is 0.174. The number of aromatic amines is 1. The summed E-state index contributed by atoms with van der Waals surface area (Å²) in [6.07, 6.45) is -3.90. The number of benzene rings is 2. The molecular weight excluding hydrogens is 522 g/mol. The lowest BCUT2D eigenvalue weighted by Crippen LogP contribution is -2.28. The Kier molecular flexibility index (Phi) is 5.22. The second kappa shape index (κ2) is 11.0. The van der Waals surface area contributed by atoms with Crippen molar-refractivity contribution in [2.45, 2.75) is 26.2 Å². The van der Waals surface area contributed by atoms with Crippen LogP contribution < -0.4 is 20.1 Å². The van der Waals surface area contributed by atoms with E-state index in [1.165, 1.54) is 31.2 Å². The topological polar surface area (TPSA) is 118 Å². The number of aromatic nitrogens is 3. The second-order valence-electron chi connectivity index (χ2n) is 8.02. The third-order valence-electron chi connectivity index (χ3n) is 5.49. The molecule has 0 saturated heterocycles. The van der Waals surface area contributed by atoms with Crippen LogP contribution in [-0.4, -0.2) is 46.9 Å². The van der Waals surface area contributed by atoms with E-state index in [1.54, 1.807) is 5.32 Å². The molecule has 0 saturated carbocycles. The van der Waals surface area contributed by atoms with Crippen molar-refractivity contribution in [1.82, 2.24) is 25.8 Å². The summed E-state index contributed by atoms with van der Waals surface area (Å²) < 4.78 is 121. The van der Waals surface area contributed by atoms with Crippen molar-refractivity contribution in [2.24, 2.45) is 0 Å². The maximum Gasteiger partial charge on any atom is 0.573 e. The molecule has 13 heteroatoms. The van der Waals surface area contributed by atoms with Crippen LogP contribution in [0.1, 0.15) is 57.2 Å². The fraction of sp³-hybridized carbons (Fsp3) is 0.231. The number of nitrogens with zero attached hydrogens (tertiary/aromatic N) is 2. The van der Waals surface area contributed by atoms with Crippen molar-refractivity contribution in [1.29, 1.82) is 0 Å². The summed E-state index contributed by atoms with van der Waals surface area (Å²) in [6, 6.07) is 6.42. The number of H-pyrrole nitrogens is 1. The maximum absolute atomic E-state index is 14.5. The zero-order valence-electron chi connectivity index (χ0n) is 27.7. The highest BCUT2D eigenvalue weighted by Gasteiger charge is 2.31. The van der Waals surface area contributed by atoms with Crippen LogP contribution in [0.4, 0.5) is 17.6 Å². The van der Waals surface area contributed by atoms with Crippen molar-refractivity contribution in [3.05, 3.63) is 71.3 Å². The van der Waals surface area contributed by atoms with Crippen LogP contribution in [0.2, 0.25) is 0 Å². The molecule has 0 spiro atoms. The number of carbonyl (C=O) groups is 2. The number of hydrogen-bond donors (Lipinski definition) is 3. The normalized spacial score (nSPS) is 16.2. The number of carbonyl (C=O) groups excluding carboxylic acids is 2. The molecule has 0 aliphatic carbocycles. The van der Waals surface area contributed by atoms with Gasteiger partial charge in [-0.05, 0) is 55.7 Å². The van der Waals surface area contributed by atoms with E-state index in [0.717, 1.165) is 18.3 Å². The first kappa shape index (κ1) is 18.6. The van der Waals surface area contributed by atoms with Gasteiger partial charge in [0.05, 0.1) is 22.7 Å². The lowest BCUT2D eigenvalue weighted by atomic mass is 10.0. The van der Waals surface area contributed by atoms with Gasteiger partial charge >= 0.3 is 6.36 Å². The van der Waals surface area contributed by atoms with Gasteiger partial charge in [-0.3, -0.25) is 14.7 Å². The van der Waals surface area contributed by atoms with E-state index in [-0.39, 0.29) is 27.7 Å². The Hall–Kier alpha value is -4.68. The van der Waals surface area contributed by atoms with Crippen molar-refractivity contribution >= 4 is 22.7 Å². The standard InChI is InChI=1S/C26H23F4N5O4/c1-4-31-24(37)22-17-7-5-14(10-21(17)34-35-22)15-9-19(25(38-3)32-12-15)23(36)33-13(2)18-11-16(6-8-20(18)27)39-26(28,29)30/h5-13H,4H2,1-3H3,(H,31,37)(H,33,36)(H,34,35)/i1D3,3D3,4D2. The third kappa shape index (κ3) is 6.08. The highest BCUT2D eigenvalue weighted by molar-refractivity contribution is 6.05. The molecule has 9 nitrogen and oxygen atoms in total. The summed E-state index contributed by atoms with van der Waals surface area (Å²) in [6.45, 7) is -4.95. The first-order chi connectivity index (χ1) is 21.5. The van der Waals surface area contributed by atoms with Gasteiger partial charge in [-0.25, -0.2) is 9.37 Å². The lowest BCUT2D eigenvalue weighted by molar-refractivity contribution is -0.274. The molecule has 204 valence electrons. The van der Waals surface area contributed by atoms with Crippen LogP contribution in [0.15, 0.2) is 48.7 Å². The van der Waals surface area contributed by atoms with Crippen molar-refractivity contribution in [3.63, 3.8) is 0 Å². The third-order valence-corrected chi connectivity index (χ3v) is 5.49. The Morgan fingerprint density at radius 1 is 1.15 bits per heavy atom. The molecule has 0 bridgehead atoms. The zero-order valence-corrected chi connectivity index (χ0v) is 19.7. The molecule has 2 amide bonds. The van der Waals surface area contributed by atoms with Gasteiger partial charge in [0.15, 0.2) is 5.69 Å². The smallest absolute Gasteiger partial charge is 0.480 e. The number of amides is 2. The number of alkyl halides is 3. The van der Waals surface area contributed by atoms with Crippen LogP contribution >= 0.6 is 0 Å². The number of hydrogen-bond acceptors (Lipinski definition) is 6. The minimum Gasteiger partial charge on any atom is -0.480 e. The van der Waals surface area contributed by atoms with Gasteiger partial charge < -0.3 is 20.1 Å². The molecule has 0 aliphatic heterocycles. The van der Waals surface area contributed by atoms with E-state index in [9.17, 15) is 27.2 Å². The molecule has 2 heterocycles. The van der Waals surface area contributed by atoms with E-state index < -0.39 is 67.6 Å². The van der Waals surface area contributed by atoms with Gasteiger partial charge in [-0.2, -0.15) is 5.10 Å². The Labute approximate surface area is 230 Å². The van der Waals surface area contributed by atoms with E-state index in [4.69, 9.17) is 15.7 Å². The Morgan fingerprint density at radius 3 is 2.72 bits per heavy atom. The van der Waals surface area contributed by atoms with Gasteiger partial charge in [-0.1, -0.05) is 6.07 Å². The molecule has 4 rings (SSSR count).